The number of thiocarbonyl (C=S) groups is 1. The Kier molecular flexibility index (Phi) is 4.18. The fourth-order valence-electron chi connectivity index (χ4n) is 1.55. The van der Waals surface area contributed by atoms with Crippen LogP contribution in [0.3, 0.4) is 0 Å². The smallest absolute Gasteiger partial charge is 0.201 e. The summed E-state index contributed by atoms with van der Waals surface area (Å²) in [4.78, 5) is 12.0. The third-order valence-corrected chi connectivity index (χ3v) is 4.75. The van der Waals surface area contributed by atoms with E-state index in [9.17, 15) is 4.79 Å². The minimum absolute atomic E-state index is 0.0801. The van der Waals surface area contributed by atoms with E-state index in [2.05, 4.69) is 15.9 Å². The van der Waals surface area contributed by atoms with Crippen LogP contribution in [0.1, 0.15) is 20.8 Å². The number of thioether (sulfide) groups is 1. The molecule has 100 valence electrons. The van der Waals surface area contributed by atoms with Crippen molar-refractivity contribution in [1.29, 1.82) is 0 Å². The molecule has 1 heterocycles. The molecule has 0 N–H and O–H groups in total. The Hall–Kier alpha value is -0.650. The minimum atomic E-state index is -0.388. The quantitative estimate of drug-likeness (QED) is 0.631. The third kappa shape index (κ3) is 3.27. The summed E-state index contributed by atoms with van der Waals surface area (Å²) in [6.07, 6.45) is 1.91. The second-order valence-corrected chi connectivity index (χ2v) is 7.82. The lowest BCUT2D eigenvalue weighted by Gasteiger charge is -2.16. The predicted octanol–water partition coefficient (Wildman–Crippen LogP) is 4.84. The van der Waals surface area contributed by atoms with Crippen molar-refractivity contribution >= 4 is 60.2 Å². The fraction of sp³-hybridized carbons (Fsp3) is 0.286. The number of aromatic nitrogens is 1. The molecule has 1 aromatic carbocycles. The van der Waals surface area contributed by atoms with Gasteiger partial charge in [0.05, 0.1) is 5.52 Å². The van der Waals surface area contributed by atoms with Crippen LogP contribution in [-0.4, -0.2) is 14.0 Å². The van der Waals surface area contributed by atoms with Gasteiger partial charge in [0.1, 0.15) is 0 Å². The van der Waals surface area contributed by atoms with Gasteiger partial charge in [-0.3, -0.25) is 4.79 Å². The molecule has 0 unspecified atom stereocenters. The minimum Gasteiger partial charge on any atom is -0.302 e. The zero-order valence-corrected chi connectivity index (χ0v) is 14.2. The summed E-state index contributed by atoms with van der Waals surface area (Å²) in [7, 11) is 0. The first-order chi connectivity index (χ1) is 8.79. The van der Waals surface area contributed by atoms with Crippen LogP contribution in [0.2, 0.25) is 0 Å². The van der Waals surface area contributed by atoms with E-state index in [-0.39, 0.29) is 10.5 Å². The van der Waals surface area contributed by atoms with Crippen molar-refractivity contribution in [3.05, 3.63) is 34.9 Å². The Morgan fingerprint density at radius 3 is 2.63 bits per heavy atom. The van der Waals surface area contributed by atoms with Crippen molar-refractivity contribution in [2.75, 3.05) is 0 Å². The van der Waals surface area contributed by atoms with Gasteiger partial charge in [-0.2, -0.15) is 0 Å². The number of fused-ring (bicyclic) bond motifs is 1. The van der Waals surface area contributed by atoms with Crippen molar-refractivity contribution in [2.45, 2.75) is 20.8 Å². The Labute approximate surface area is 130 Å². The molecule has 0 bridgehead atoms. The average Bonchev–Trinajstić information content (AvgIpc) is 2.70. The Morgan fingerprint density at radius 2 is 2.00 bits per heavy atom. The lowest BCUT2D eigenvalue weighted by Crippen LogP contribution is -2.19. The highest BCUT2D eigenvalue weighted by molar-refractivity contribution is 9.10. The van der Waals surface area contributed by atoms with Crippen LogP contribution in [-0.2, 0) is 4.79 Å². The molecule has 0 spiro atoms. The summed E-state index contributed by atoms with van der Waals surface area (Å²) >= 11 is 9.94. The highest BCUT2D eigenvalue weighted by Crippen LogP contribution is 2.27. The maximum Gasteiger partial charge on any atom is 0.201 e. The number of hydrogen-bond donors (Lipinski definition) is 0. The maximum atomic E-state index is 12.0. The zero-order valence-electron chi connectivity index (χ0n) is 10.9. The maximum absolute atomic E-state index is 12.0. The molecule has 1 aromatic heterocycles. The summed E-state index contributed by atoms with van der Waals surface area (Å²) in [5, 5.41) is 1.18. The molecule has 0 amide bonds. The van der Waals surface area contributed by atoms with Crippen LogP contribution in [0.5, 0.6) is 0 Å². The second-order valence-electron chi connectivity index (χ2n) is 5.29. The average molecular weight is 356 g/mol. The summed E-state index contributed by atoms with van der Waals surface area (Å²) < 4.78 is 3.48. The van der Waals surface area contributed by atoms with Gasteiger partial charge in [-0.1, -0.05) is 48.9 Å². The number of rotatable bonds is 0. The van der Waals surface area contributed by atoms with Gasteiger partial charge in [-0.05, 0) is 36.0 Å². The van der Waals surface area contributed by atoms with Gasteiger partial charge in [-0.15, -0.1) is 0 Å². The summed E-state index contributed by atoms with van der Waals surface area (Å²) in [5.41, 5.74) is 0.628. The van der Waals surface area contributed by atoms with Crippen LogP contribution in [0.15, 0.2) is 34.9 Å². The van der Waals surface area contributed by atoms with Crippen LogP contribution in [0, 0.1) is 5.41 Å². The SMILES string of the molecule is CC(C)(C)C(=O)SC(=S)n1ccc2cc(Br)ccc21. The van der Waals surface area contributed by atoms with Crippen LogP contribution in [0.4, 0.5) is 0 Å². The third-order valence-electron chi connectivity index (χ3n) is 2.64. The molecule has 0 radical (unpaired) electrons. The van der Waals surface area contributed by atoms with Gasteiger partial charge in [-0.25, -0.2) is 0 Å². The molecule has 0 atom stereocenters. The molecule has 0 aliphatic heterocycles. The van der Waals surface area contributed by atoms with Crippen LogP contribution < -0.4 is 0 Å². The van der Waals surface area contributed by atoms with Crippen molar-refractivity contribution < 1.29 is 4.79 Å². The van der Waals surface area contributed by atoms with Crippen molar-refractivity contribution in [1.82, 2.24) is 4.57 Å². The largest absolute Gasteiger partial charge is 0.302 e. The molecule has 0 aliphatic rings. The molecule has 0 fully saturated rings. The van der Waals surface area contributed by atoms with Gasteiger partial charge in [0.15, 0.2) is 4.32 Å². The van der Waals surface area contributed by atoms with Gasteiger partial charge < -0.3 is 4.57 Å². The molecule has 0 saturated carbocycles. The van der Waals surface area contributed by atoms with Gasteiger partial charge in [0, 0.05) is 21.5 Å². The lowest BCUT2D eigenvalue weighted by atomic mass is 10.00. The lowest BCUT2D eigenvalue weighted by molar-refractivity contribution is -0.117. The van der Waals surface area contributed by atoms with E-state index in [4.69, 9.17) is 12.2 Å². The zero-order chi connectivity index (χ0) is 14.2. The molecule has 2 rings (SSSR count). The number of carbonyl (C=O) groups is 1. The molecule has 2 nitrogen and oxygen atoms in total. The van der Waals surface area contributed by atoms with E-state index >= 15 is 0 Å². The first-order valence-corrected chi connectivity index (χ1v) is 7.84. The number of halogens is 1. The molecule has 0 saturated heterocycles. The number of nitrogens with zero attached hydrogens (tertiary/aromatic N) is 1. The highest BCUT2D eigenvalue weighted by Gasteiger charge is 2.24. The van der Waals surface area contributed by atoms with Crippen molar-refractivity contribution in [3.63, 3.8) is 0 Å². The van der Waals surface area contributed by atoms with E-state index in [1.54, 1.807) is 0 Å². The Bertz CT molecular complexity index is 655. The molecular weight excluding hydrogens is 342 g/mol. The van der Waals surface area contributed by atoms with E-state index in [0.29, 0.717) is 4.32 Å². The first kappa shape index (κ1) is 14.8. The first-order valence-electron chi connectivity index (χ1n) is 5.82. The van der Waals surface area contributed by atoms with Crippen LogP contribution in [0.25, 0.3) is 10.9 Å². The summed E-state index contributed by atoms with van der Waals surface area (Å²) in [5.74, 6) is 0. The topological polar surface area (TPSA) is 22.0 Å². The molecule has 19 heavy (non-hydrogen) atoms. The van der Waals surface area contributed by atoms with E-state index in [1.165, 1.54) is 0 Å². The second kappa shape index (κ2) is 5.38. The number of hydrogen-bond acceptors (Lipinski definition) is 3. The summed E-state index contributed by atoms with van der Waals surface area (Å²) in [6.45, 7) is 5.70. The summed E-state index contributed by atoms with van der Waals surface area (Å²) in [6, 6.07) is 7.99. The molecular formula is C14H14BrNOS2. The standard InChI is InChI=1S/C14H14BrNOS2/c1-14(2,3)12(17)19-13(18)16-7-6-9-8-10(15)4-5-11(9)16/h4-8H,1-3H3. The monoisotopic (exact) mass is 355 g/mol. The van der Waals surface area contributed by atoms with Gasteiger partial charge in [0.25, 0.3) is 0 Å². The van der Waals surface area contributed by atoms with Crippen molar-refractivity contribution in [2.24, 2.45) is 5.41 Å². The van der Waals surface area contributed by atoms with Crippen molar-refractivity contribution in [3.8, 4) is 0 Å². The van der Waals surface area contributed by atoms with Gasteiger partial charge in [0.2, 0.25) is 5.12 Å². The normalized spacial score (nSPS) is 11.8. The number of carbonyl (C=O) groups excluding carboxylic acids is 1. The molecule has 0 aliphatic carbocycles. The van der Waals surface area contributed by atoms with E-state index < -0.39 is 0 Å². The fourth-order valence-corrected chi connectivity index (χ4v) is 3.04. The van der Waals surface area contributed by atoms with E-state index in [0.717, 1.165) is 27.1 Å². The molecule has 2 aromatic rings. The predicted molar refractivity (Wildman–Crippen MR) is 89.7 cm³/mol. The highest BCUT2D eigenvalue weighted by atomic mass is 79.9. The van der Waals surface area contributed by atoms with E-state index in [1.807, 2.05) is 55.8 Å². The Balaban J connectivity index is 2.30. The molecule has 5 heteroatoms. The number of benzene rings is 1. The van der Waals surface area contributed by atoms with Crippen LogP contribution >= 0.6 is 39.9 Å². The Morgan fingerprint density at radius 1 is 1.32 bits per heavy atom. The van der Waals surface area contributed by atoms with Gasteiger partial charge >= 0.3 is 0 Å².